The molecule has 2 N–H and O–H groups in total. The Morgan fingerprint density at radius 1 is 1.16 bits per heavy atom. The molecule has 128 valence electrons. The van der Waals surface area contributed by atoms with Crippen LogP contribution in [0.1, 0.15) is 5.56 Å². The molecule has 1 saturated heterocycles. The number of hydrogen-bond donors (Lipinski definition) is 2. The SMILES string of the molecule is COc1ccc(/C=C2\SC(=Nc3cccc(O)c3)NC2=O)c(OC)c1. The maximum absolute atomic E-state index is 12.2. The Labute approximate surface area is 149 Å². The van der Waals surface area contributed by atoms with E-state index in [0.717, 1.165) is 5.56 Å². The van der Waals surface area contributed by atoms with Crippen molar-refractivity contribution in [2.75, 3.05) is 14.2 Å². The molecule has 0 spiro atoms. The highest BCUT2D eigenvalue weighted by atomic mass is 32.2. The average molecular weight is 356 g/mol. The van der Waals surface area contributed by atoms with E-state index < -0.39 is 0 Å². The molecule has 3 rings (SSSR count). The maximum atomic E-state index is 12.2. The first kappa shape index (κ1) is 16.9. The Balaban J connectivity index is 1.87. The molecule has 25 heavy (non-hydrogen) atoms. The summed E-state index contributed by atoms with van der Waals surface area (Å²) in [6, 6.07) is 11.9. The Morgan fingerprint density at radius 3 is 2.72 bits per heavy atom. The number of amidine groups is 1. The van der Waals surface area contributed by atoms with Gasteiger partial charge in [0.05, 0.1) is 24.8 Å². The number of carbonyl (C=O) groups is 1. The zero-order chi connectivity index (χ0) is 17.8. The summed E-state index contributed by atoms with van der Waals surface area (Å²) >= 11 is 1.23. The Bertz CT molecular complexity index is 877. The van der Waals surface area contributed by atoms with Crippen molar-refractivity contribution in [3.8, 4) is 17.2 Å². The quantitative estimate of drug-likeness (QED) is 0.822. The number of methoxy groups -OCH3 is 2. The number of rotatable bonds is 4. The van der Waals surface area contributed by atoms with Gasteiger partial charge in [-0.05, 0) is 42.1 Å². The molecule has 0 aromatic heterocycles. The van der Waals surface area contributed by atoms with Gasteiger partial charge >= 0.3 is 0 Å². The zero-order valence-corrected chi connectivity index (χ0v) is 14.5. The second-order valence-electron chi connectivity index (χ2n) is 5.11. The molecular weight excluding hydrogens is 340 g/mol. The third kappa shape index (κ3) is 3.95. The molecule has 7 heteroatoms. The molecule has 1 fully saturated rings. The summed E-state index contributed by atoms with van der Waals surface area (Å²) in [5.41, 5.74) is 1.32. The van der Waals surface area contributed by atoms with E-state index in [2.05, 4.69) is 10.3 Å². The first-order valence-electron chi connectivity index (χ1n) is 7.39. The number of thioether (sulfide) groups is 1. The fourth-order valence-electron chi connectivity index (χ4n) is 2.24. The minimum Gasteiger partial charge on any atom is -0.508 e. The molecule has 0 bridgehead atoms. The molecule has 1 aliphatic heterocycles. The molecular formula is C18H16N2O4S. The average Bonchev–Trinajstić information content (AvgIpc) is 2.94. The van der Waals surface area contributed by atoms with Crippen LogP contribution in [0.25, 0.3) is 6.08 Å². The number of nitrogens with zero attached hydrogens (tertiary/aromatic N) is 1. The second kappa shape index (κ2) is 7.31. The molecule has 0 aliphatic carbocycles. The van der Waals surface area contributed by atoms with Crippen LogP contribution < -0.4 is 14.8 Å². The number of amides is 1. The second-order valence-corrected chi connectivity index (χ2v) is 6.14. The minimum absolute atomic E-state index is 0.120. The van der Waals surface area contributed by atoms with Crippen molar-refractivity contribution in [1.29, 1.82) is 0 Å². The van der Waals surface area contributed by atoms with Crippen molar-refractivity contribution < 1.29 is 19.4 Å². The third-order valence-electron chi connectivity index (χ3n) is 3.44. The normalized spacial score (nSPS) is 17.0. The lowest BCUT2D eigenvalue weighted by molar-refractivity contribution is -0.115. The van der Waals surface area contributed by atoms with Crippen molar-refractivity contribution in [1.82, 2.24) is 5.32 Å². The molecule has 0 saturated carbocycles. The van der Waals surface area contributed by atoms with E-state index in [1.807, 2.05) is 6.07 Å². The predicted octanol–water partition coefficient (Wildman–Crippen LogP) is 3.30. The summed E-state index contributed by atoms with van der Waals surface area (Å²) in [4.78, 5) is 17.0. The van der Waals surface area contributed by atoms with Gasteiger partial charge in [-0.2, -0.15) is 0 Å². The lowest BCUT2D eigenvalue weighted by atomic mass is 10.1. The highest BCUT2D eigenvalue weighted by molar-refractivity contribution is 8.18. The lowest BCUT2D eigenvalue weighted by Crippen LogP contribution is -2.19. The Morgan fingerprint density at radius 2 is 2.00 bits per heavy atom. The fraction of sp³-hybridized carbons (Fsp3) is 0.111. The van der Waals surface area contributed by atoms with Crippen LogP contribution in [0.4, 0.5) is 5.69 Å². The standard InChI is InChI=1S/C18H16N2O4S/c1-23-14-7-6-11(15(10-14)24-2)8-16-17(22)20-18(25-16)19-12-4-3-5-13(21)9-12/h3-10,21H,1-2H3,(H,19,20,22)/b16-8-. The summed E-state index contributed by atoms with van der Waals surface area (Å²) in [6.07, 6.45) is 1.74. The van der Waals surface area contributed by atoms with Gasteiger partial charge in [-0.15, -0.1) is 0 Å². The first-order valence-corrected chi connectivity index (χ1v) is 8.21. The van der Waals surface area contributed by atoms with Crippen LogP contribution in [0.15, 0.2) is 52.4 Å². The monoisotopic (exact) mass is 356 g/mol. The van der Waals surface area contributed by atoms with Crippen LogP contribution in [0, 0.1) is 0 Å². The minimum atomic E-state index is -0.234. The molecule has 0 radical (unpaired) electrons. The van der Waals surface area contributed by atoms with Gasteiger partial charge in [0.25, 0.3) is 5.91 Å². The number of carbonyl (C=O) groups excluding carboxylic acids is 1. The van der Waals surface area contributed by atoms with E-state index in [9.17, 15) is 9.90 Å². The number of aromatic hydroxyl groups is 1. The van der Waals surface area contributed by atoms with Crippen LogP contribution in [0.2, 0.25) is 0 Å². The van der Waals surface area contributed by atoms with Gasteiger partial charge in [0.2, 0.25) is 0 Å². The Hall–Kier alpha value is -2.93. The summed E-state index contributed by atoms with van der Waals surface area (Å²) in [5.74, 6) is 1.17. The van der Waals surface area contributed by atoms with E-state index in [1.165, 1.54) is 17.8 Å². The van der Waals surface area contributed by atoms with E-state index in [-0.39, 0.29) is 11.7 Å². The van der Waals surface area contributed by atoms with Crippen molar-refractivity contribution in [3.63, 3.8) is 0 Å². The predicted molar refractivity (Wildman–Crippen MR) is 98.5 cm³/mol. The van der Waals surface area contributed by atoms with E-state index in [1.54, 1.807) is 50.6 Å². The fourth-order valence-corrected chi connectivity index (χ4v) is 3.07. The number of benzene rings is 2. The van der Waals surface area contributed by atoms with Crippen LogP contribution >= 0.6 is 11.8 Å². The summed E-state index contributed by atoms with van der Waals surface area (Å²) in [5, 5.41) is 12.7. The summed E-state index contributed by atoms with van der Waals surface area (Å²) in [6.45, 7) is 0. The van der Waals surface area contributed by atoms with E-state index in [0.29, 0.717) is 27.3 Å². The van der Waals surface area contributed by atoms with Gasteiger partial charge in [0, 0.05) is 17.7 Å². The van der Waals surface area contributed by atoms with Gasteiger partial charge < -0.3 is 19.9 Å². The van der Waals surface area contributed by atoms with Crippen LogP contribution in [0.3, 0.4) is 0 Å². The van der Waals surface area contributed by atoms with E-state index in [4.69, 9.17) is 9.47 Å². The van der Waals surface area contributed by atoms with Gasteiger partial charge in [0.15, 0.2) is 5.17 Å². The van der Waals surface area contributed by atoms with Crippen molar-refractivity contribution in [3.05, 3.63) is 52.9 Å². The van der Waals surface area contributed by atoms with Gasteiger partial charge in [-0.3, -0.25) is 4.79 Å². The van der Waals surface area contributed by atoms with Crippen LogP contribution in [-0.4, -0.2) is 30.4 Å². The van der Waals surface area contributed by atoms with Gasteiger partial charge in [0.1, 0.15) is 17.2 Å². The topological polar surface area (TPSA) is 80.2 Å². The van der Waals surface area contributed by atoms with Crippen molar-refractivity contribution >= 4 is 34.6 Å². The lowest BCUT2D eigenvalue weighted by Gasteiger charge is -2.07. The number of nitrogens with one attached hydrogen (secondary N) is 1. The first-order chi connectivity index (χ1) is 12.1. The van der Waals surface area contributed by atoms with Crippen molar-refractivity contribution in [2.45, 2.75) is 0 Å². The van der Waals surface area contributed by atoms with Gasteiger partial charge in [-0.25, -0.2) is 4.99 Å². The highest BCUT2D eigenvalue weighted by Gasteiger charge is 2.24. The Kier molecular flexibility index (Phi) is 4.95. The number of phenolic OH excluding ortho intramolecular Hbond substituents is 1. The zero-order valence-electron chi connectivity index (χ0n) is 13.6. The molecule has 2 aromatic carbocycles. The molecule has 2 aromatic rings. The summed E-state index contributed by atoms with van der Waals surface area (Å²) < 4.78 is 10.5. The largest absolute Gasteiger partial charge is 0.508 e. The third-order valence-corrected chi connectivity index (χ3v) is 4.35. The van der Waals surface area contributed by atoms with Crippen molar-refractivity contribution in [2.24, 2.45) is 4.99 Å². The number of aliphatic imine (C=N–C) groups is 1. The maximum Gasteiger partial charge on any atom is 0.264 e. The highest BCUT2D eigenvalue weighted by Crippen LogP contribution is 2.32. The van der Waals surface area contributed by atoms with E-state index >= 15 is 0 Å². The number of hydrogen-bond acceptors (Lipinski definition) is 6. The molecule has 6 nitrogen and oxygen atoms in total. The number of ether oxygens (including phenoxy) is 2. The molecule has 1 aliphatic rings. The molecule has 0 unspecified atom stereocenters. The number of phenols is 1. The van der Waals surface area contributed by atoms with Crippen LogP contribution in [-0.2, 0) is 4.79 Å². The molecule has 1 amide bonds. The summed E-state index contributed by atoms with van der Waals surface area (Å²) in [7, 11) is 3.14. The molecule has 1 heterocycles. The molecule has 0 atom stereocenters. The van der Waals surface area contributed by atoms with Crippen LogP contribution in [0.5, 0.6) is 17.2 Å². The van der Waals surface area contributed by atoms with Gasteiger partial charge in [-0.1, -0.05) is 6.07 Å². The smallest absolute Gasteiger partial charge is 0.264 e.